The van der Waals surface area contributed by atoms with Gasteiger partial charge in [0.05, 0.1) is 13.2 Å². The van der Waals surface area contributed by atoms with Crippen LogP contribution in [0.2, 0.25) is 0 Å². The van der Waals surface area contributed by atoms with Crippen molar-refractivity contribution in [3.05, 3.63) is 97.2 Å². The third-order valence-electron chi connectivity index (χ3n) is 9.98. The molecule has 3 N–H and O–H groups in total. The molecular formula is C53H90NO8P. The maximum Gasteiger partial charge on any atom is 0.472 e. The van der Waals surface area contributed by atoms with Gasteiger partial charge in [-0.1, -0.05) is 201 Å². The van der Waals surface area contributed by atoms with E-state index in [1.54, 1.807) is 0 Å². The molecule has 0 spiro atoms. The summed E-state index contributed by atoms with van der Waals surface area (Å²) < 4.78 is 32.8. The van der Waals surface area contributed by atoms with Gasteiger partial charge in [0.25, 0.3) is 0 Å². The van der Waals surface area contributed by atoms with Crippen molar-refractivity contribution < 1.29 is 37.6 Å². The molecule has 0 aromatic heterocycles. The van der Waals surface area contributed by atoms with Crippen LogP contribution in [0.4, 0.5) is 0 Å². The number of hydrogen-bond donors (Lipinski definition) is 2. The molecule has 360 valence electrons. The van der Waals surface area contributed by atoms with Crippen molar-refractivity contribution in [2.45, 2.75) is 200 Å². The third-order valence-corrected chi connectivity index (χ3v) is 11.0. The van der Waals surface area contributed by atoms with Gasteiger partial charge < -0.3 is 20.1 Å². The zero-order valence-corrected chi connectivity index (χ0v) is 40.7. The average Bonchev–Trinajstić information content (AvgIpc) is 3.27. The highest BCUT2D eigenvalue weighted by Crippen LogP contribution is 2.43. The lowest BCUT2D eigenvalue weighted by Gasteiger charge is -2.19. The van der Waals surface area contributed by atoms with Gasteiger partial charge >= 0.3 is 19.8 Å². The quantitative estimate of drug-likeness (QED) is 0.0265. The molecule has 0 aliphatic rings. The molecule has 0 bridgehead atoms. The van der Waals surface area contributed by atoms with E-state index in [2.05, 4.69) is 98.9 Å². The van der Waals surface area contributed by atoms with E-state index in [0.717, 1.165) is 70.6 Å². The van der Waals surface area contributed by atoms with Crippen molar-refractivity contribution >= 4 is 19.8 Å². The Bertz CT molecular complexity index is 1350. The fraction of sp³-hybridized carbons (Fsp3) is 0.660. The summed E-state index contributed by atoms with van der Waals surface area (Å²) in [7, 11) is -4.40. The number of hydrogen-bond acceptors (Lipinski definition) is 8. The molecule has 0 aromatic rings. The number of phosphoric acid groups is 1. The Morgan fingerprint density at radius 2 is 0.857 bits per heavy atom. The van der Waals surface area contributed by atoms with E-state index in [9.17, 15) is 19.0 Å². The van der Waals surface area contributed by atoms with Crippen LogP contribution in [-0.2, 0) is 32.7 Å². The van der Waals surface area contributed by atoms with Gasteiger partial charge in [0.2, 0.25) is 0 Å². The summed E-state index contributed by atoms with van der Waals surface area (Å²) >= 11 is 0. The summed E-state index contributed by atoms with van der Waals surface area (Å²) in [6, 6.07) is 0. The summed E-state index contributed by atoms with van der Waals surface area (Å²) in [4.78, 5) is 34.9. The van der Waals surface area contributed by atoms with Crippen LogP contribution >= 0.6 is 7.82 Å². The van der Waals surface area contributed by atoms with Crippen LogP contribution in [0.25, 0.3) is 0 Å². The van der Waals surface area contributed by atoms with Crippen LogP contribution in [-0.4, -0.2) is 49.3 Å². The minimum atomic E-state index is -4.40. The number of allylic oxidation sites excluding steroid dienone is 16. The number of rotatable bonds is 45. The molecule has 2 unspecified atom stereocenters. The van der Waals surface area contributed by atoms with Gasteiger partial charge in [0, 0.05) is 19.4 Å². The average molecular weight is 900 g/mol. The Labute approximate surface area is 385 Å². The topological polar surface area (TPSA) is 134 Å². The van der Waals surface area contributed by atoms with E-state index in [1.165, 1.54) is 83.5 Å². The Morgan fingerprint density at radius 3 is 1.29 bits per heavy atom. The predicted molar refractivity (Wildman–Crippen MR) is 265 cm³/mol. The number of nitrogens with two attached hydrogens (primary N) is 1. The molecule has 10 heteroatoms. The van der Waals surface area contributed by atoms with Crippen LogP contribution in [0.15, 0.2) is 97.2 Å². The number of ether oxygens (including phenoxy) is 2. The molecule has 63 heavy (non-hydrogen) atoms. The van der Waals surface area contributed by atoms with Gasteiger partial charge in [0.1, 0.15) is 6.61 Å². The van der Waals surface area contributed by atoms with E-state index in [-0.39, 0.29) is 32.6 Å². The molecule has 0 rings (SSSR count). The minimum absolute atomic E-state index is 0.0408. The number of carbonyl (C=O) groups excluding carboxylic acids is 2. The van der Waals surface area contributed by atoms with Crippen LogP contribution in [0.1, 0.15) is 194 Å². The predicted octanol–water partition coefficient (Wildman–Crippen LogP) is 14.9. The lowest BCUT2D eigenvalue weighted by molar-refractivity contribution is -0.161. The van der Waals surface area contributed by atoms with Gasteiger partial charge in [-0.25, -0.2) is 4.57 Å². The standard InChI is InChI=1S/C53H90NO8P/c1-3-5-7-9-11-13-15-17-18-19-20-21-22-23-24-25-26-27-28-29-30-31-32-34-36-38-40-42-44-46-53(56)62-51(50-61-63(57,58)60-48-47-54)49-59-52(55)45-43-41-39-37-35-33-16-14-12-10-8-6-4-2/h5-8,11-14,17-18,20-21,33,35,39,41,51H,3-4,9-10,15-16,19,22-32,34,36-38,40,42-50,54H2,1-2H3,(H,57,58)/b7-5-,8-6-,13-11-,14-12-,18-17-,21-20-,35-33-,41-39-. The van der Waals surface area contributed by atoms with Crippen molar-refractivity contribution in [3.63, 3.8) is 0 Å². The zero-order chi connectivity index (χ0) is 46.0. The first-order valence-electron chi connectivity index (χ1n) is 24.7. The SMILES string of the molecule is CC/C=C\C/C=C\C/C=C\C/C=C\CCCCCCCCCCCCCCCCCCC(=O)OC(COC(=O)CC/C=C\C/C=C\C/C=C\C/C=C\CC)COP(=O)(O)OCCN. The molecule has 2 atom stereocenters. The van der Waals surface area contributed by atoms with Gasteiger partial charge in [-0.15, -0.1) is 0 Å². The molecule has 0 aliphatic heterocycles. The Morgan fingerprint density at radius 1 is 0.476 bits per heavy atom. The summed E-state index contributed by atoms with van der Waals surface area (Å²) in [6.07, 6.45) is 63.4. The van der Waals surface area contributed by atoms with E-state index in [0.29, 0.717) is 12.8 Å². The summed E-state index contributed by atoms with van der Waals surface area (Å²) in [5, 5.41) is 0. The fourth-order valence-corrected chi connectivity index (χ4v) is 7.17. The highest BCUT2D eigenvalue weighted by molar-refractivity contribution is 7.47. The molecule has 0 aliphatic carbocycles. The van der Waals surface area contributed by atoms with Crippen LogP contribution < -0.4 is 5.73 Å². The van der Waals surface area contributed by atoms with Crippen molar-refractivity contribution in [2.24, 2.45) is 5.73 Å². The third kappa shape index (κ3) is 48.2. The molecule has 0 amide bonds. The first kappa shape index (κ1) is 59.9. The van der Waals surface area contributed by atoms with Gasteiger partial charge in [-0.05, 0) is 77.0 Å². The van der Waals surface area contributed by atoms with E-state index < -0.39 is 32.5 Å². The Balaban J connectivity index is 4.01. The summed E-state index contributed by atoms with van der Waals surface area (Å²) in [5.41, 5.74) is 5.35. The second kappa shape index (κ2) is 48.4. The van der Waals surface area contributed by atoms with Gasteiger partial charge in [-0.3, -0.25) is 18.6 Å². The molecule has 0 saturated heterocycles. The molecule has 0 heterocycles. The summed E-state index contributed by atoms with van der Waals surface area (Å²) in [6.45, 7) is 3.41. The molecular weight excluding hydrogens is 810 g/mol. The van der Waals surface area contributed by atoms with E-state index in [4.69, 9.17) is 24.3 Å². The second-order valence-electron chi connectivity index (χ2n) is 15.9. The normalized spacial score (nSPS) is 14.0. The number of esters is 2. The molecule has 0 saturated carbocycles. The lowest BCUT2D eigenvalue weighted by atomic mass is 10.0. The largest absolute Gasteiger partial charge is 0.472 e. The number of phosphoric ester groups is 1. The van der Waals surface area contributed by atoms with Crippen molar-refractivity contribution in [3.8, 4) is 0 Å². The first-order valence-corrected chi connectivity index (χ1v) is 26.2. The monoisotopic (exact) mass is 900 g/mol. The zero-order valence-electron chi connectivity index (χ0n) is 39.8. The van der Waals surface area contributed by atoms with Crippen molar-refractivity contribution in [1.82, 2.24) is 0 Å². The minimum Gasteiger partial charge on any atom is -0.462 e. The fourth-order valence-electron chi connectivity index (χ4n) is 6.40. The van der Waals surface area contributed by atoms with E-state index >= 15 is 0 Å². The van der Waals surface area contributed by atoms with Gasteiger partial charge in [-0.2, -0.15) is 0 Å². The molecule has 0 radical (unpaired) electrons. The molecule has 0 fully saturated rings. The Hall–Kier alpha value is -3.07. The maximum absolute atomic E-state index is 12.6. The van der Waals surface area contributed by atoms with Crippen molar-refractivity contribution in [1.29, 1.82) is 0 Å². The van der Waals surface area contributed by atoms with Crippen LogP contribution in [0.5, 0.6) is 0 Å². The highest BCUT2D eigenvalue weighted by atomic mass is 31.2. The molecule has 0 aromatic carbocycles. The smallest absolute Gasteiger partial charge is 0.462 e. The van der Waals surface area contributed by atoms with E-state index in [1.807, 2.05) is 12.2 Å². The van der Waals surface area contributed by atoms with Crippen molar-refractivity contribution in [2.75, 3.05) is 26.4 Å². The number of carbonyl (C=O) groups is 2. The van der Waals surface area contributed by atoms with Crippen LogP contribution in [0.3, 0.4) is 0 Å². The lowest BCUT2D eigenvalue weighted by Crippen LogP contribution is -2.29. The second-order valence-corrected chi connectivity index (χ2v) is 17.4. The number of unbranched alkanes of at least 4 members (excludes halogenated alkanes) is 16. The maximum atomic E-state index is 12.6. The Kier molecular flexibility index (Phi) is 46.0. The van der Waals surface area contributed by atoms with Crippen LogP contribution in [0, 0.1) is 0 Å². The first-order chi connectivity index (χ1) is 30.8. The summed E-state index contributed by atoms with van der Waals surface area (Å²) in [5.74, 6) is -0.927. The molecule has 9 nitrogen and oxygen atoms in total. The van der Waals surface area contributed by atoms with Gasteiger partial charge in [0.15, 0.2) is 6.10 Å². The highest BCUT2D eigenvalue weighted by Gasteiger charge is 2.26.